The van der Waals surface area contributed by atoms with Gasteiger partial charge in [-0.1, -0.05) is 19.9 Å². The molecule has 2 aromatic carbocycles. The van der Waals surface area contributed by atoms with Gasteiger partial charge in [0.15, 0.2) is 0 Å². The number of carbonyl (C=O) groups excluding carboxylic acids is 1. The molecule has 2 heterocycles. The van der Waals surface area contributed by atoms with Crippen LogP contribution in [0.4, 0.5) is 5.69 Å². The van der Waals surface area contributed by atoms with Gasteiger partial charge in [0.2, 0.25) is 5.91 Å². The highest BCUT2D eigenvalue weighted by molar-refractivity contribution is 5.95. The Hall–Kier alpha value is -3.52. The second kappa shape index (κ2) is 11.1. The van der Waals surface area contributed by atoms with Gasteiger partial charge in [0.25, 0.3) is 0 Å². The molecule has 1 amide bonds. The number of anilines is 1. The fourth-order valence-corrected chi connectivity index (χ4v) is 4.06. The lowest BCUT2D eigenvalue weighted by molar-refractivity contribution is -0.121. The van der Waals surface area contributed by atoms with E-state index in [2.05, 4.69) is 34.3 Å². The van der Waals surface area contributed by atoms with Crippen LogP contribution in [0.2, 0.25) is 0 Å². The third-order valence-electron chi connectivity index (χ3n) is 6.18. The van der Waals surface area contributed by atoms with Crippen LogP contribution in [0.1, 0.15) is 19.4 Å². The molecule has 1 aliphatic rings. The monoisotopic (exact) mass is 464 g/mol. The Balaban J connectivity index is 1.49. The minimum Gasteiger partial charge on any atom is -0.497 e. The molecule has 0 aliphatic carbocycles. The summed E-state index contributed by atoms with van der Waals surface area (Å²) < 4.78 is 17.3. The van der Waals surface area contributed by atoms with E-state index < -0.39 is 0 Å². The quantitative estimate of drug-likeness (QED) is 0.472. The third kappa shape index (κ3) is 5.51. The number of carbonyl (C=O) groups is 1. The molecule has 0 fully saturated rings. The largest absolute Gasteiger partial charge is 0.497 e. The van der Waals surface area contributed by atoms with Crippen molar-refractivity contribution >= 4 is 11.6 Å². The van der Waals surface area contributed by atoms with Crippen LogP contribution in [0, 0.1) is 5.92 Å². The number of rotatable bonds is 10. The van der Waals surface area contributed by atoms with E-state index in [1.54, 1.807) is 13.3 Å². The first kappa shape index (κ1) is 23.6. The van der Waals surface area contributed by atoms with Crippen molar-refractivity contribution < 1.29 is 19.0 Å². The van der Waals surface area contributed by atoms with Crippen molar-refractivity contribution in [3.63, 3.8) is 0 Å². The lowest BCUT2D eigenvalue weighted by Crippen LogP contribution is -2.33. The standard InChI is InChI=1S/C26H32N4O4/c1-4-30(5-2)10-11-33-25-14-18(21-15-27-28-16-21)6-8-23(25)29-26(31)20-12-19-13-22(32-3)7-9-24(19)34-17-20/h6-9,13-16,20H,4-5,10-12,17H2,1-3H3,(H,27,28)(H,29,31)/t20-/m1/s1. The topological polar surface area (TPSA) is 88.7 Å². The molecule has 4 rings (SSSR count). The molecule has 1 atom stereocenters. The summed E-state index contributed by atoms with van der Waals surface area (Å²) in [5, 5.41) is 9.94. The summed E-state index contributed by atoms with van der Waals surface area (Å²) in [5.41, 5.74) is 3.54. The number of benzene rings is 2. The molecule has 3 aromatic rings. The van der Waals surface area contributed by atoms with Crippen LogP contribution in [0.15, 0.2) is 48.8 Å². The highest BCUT2D eigenvalue weighted by Crippen LogP contribution is 2.34. The maximum atomic E-state index is 13.2. The number of aromatic amines is 1. The van der Waals surface area contributed by atoms with Gasteiger partial charge in [-0.15, -0.1) is 0 Å². The maximum absolute atomic E-state index is 13.2. The van der Waals surface area contributed by atoms with E-state index in [9.17, 15) is 4.79 Å². The third-order valence-corrected chi connectivity index (χ3v) is 6.18. The molecule has 8 nitrogen and oxygen atoms in total. The van der Waals surface area contributed by atoms with Gasteiger partial charge in [-0.25, -0.2) is 0 Å². The van der Waals surface area contributed by atoms with E-state index in [1.807, 2.05) is 42.6 Å². The predicted octanol–water partition coefficient (Wildman–Crippen LogP) is 4.00. The van der Waals surface area contributed by atoms with Crippen LogP contribution in [-0.2, 0) is 11.2 Å². The second-order valence-electron chi connectivity index (χ2n) is 8.25. The number of hydrogen-bond donors (Lipinski definition) is 2. The molecular formula is C26H32N4O4. The van der Waals surface area contributed by atoms with Gasteiger partial charge in [0.05, 0.1) is 24.9 Å². The second-order valence-corrected chi connectivity index (χ2v) is 8.25. The number of amides is 1. The summed E-state index contributed by atoms with van der Waals surface area (Å²) in [5.74, 6) is 1.78. The molecule has 180 valence electrons. The number of H-pyrrole nitrogens is 1. The molecular weight excluding hydrogens is 432 g/mol. The number of ether oxygens (including phenoxy) is 3. The summed E-state index contributed by atoms with van der Waals surface area (Å²) in [4.78, 5) is 15.5. The first-order chi connectivity index (χ1) is 16.6. The van der Waals surface area contributed by atoms with Crippen LogP contribution in [-0.4, -0.2) is 61.0 Å². The van der Waals surface area contributed by atoms with Crippen molar-refractivity contribution in [3.8, 4) is 28.4 Å². The predicted molar refractivity (Wildman–Crippen MR) is 132 cm³/mol. The molecule has 0 radical (unpaired) electrons. The number of nitrogens with one attached hydrogen (secondary N) is 2. The van der Waals surface area contributed by atoms with E-state index in [0.29, 0.717) is 31.1 Å². The molecule has 8 heteroatoms. The summed E-state index contributed by atoms with van der Waals surface area (Å²) in [6.45, 7) is 7.86. The van der Waals surface area contributed by atoms with E-state index in [-0.39, 0.29) is 11.8 Å². The Morgan fingerprint density at radius 2 is 2.06 bits per heavy atom. The summed E-state index contributed by atoms with van der Waals surface area (Å²) in [6.07, 6.45) is 4.18. The van der Waals surface area contributed by atoms with Gasteiger partial charge in [0, 0.05) is 18.3 Å². The molecule has 0 saturated carbocycles. The smallest absolute Gasteiger partial charge is 0.231 e. The number of fused-ring (bicyclic) bond motifs is 1. The lowest BCUT2D eigenvalue weighted by Gasteiger charge is -2.25. The van der Waals surface area contributed by atoms with Crippen molar-refractivity contribution in [3.05, 3.63) is 54.4 Å². The Morgan fingerprint density at radius 3 is 2.79 bits per heavy atom. The zero-order valence-electron chi connectivity index (χ0n) is 20.0. The van der Waals surface area contributed by atoms with E-state index >= 15 is 0 Å². The average molecular weight is 465 g/mol. The molecule has 0 spiro atoms. The number of methoxy groups -OCH3 is 1. The van der Waals surface area contributed by atoms with E-state index in [1.165, 1.54) is 0 Å². The molecule has 0 bridgehead atoms. The number of hydrogen-bond acceptors (Lipinski definition) is 6. The molecule has 1 aliphatic heterocycles. The van der Waals surface area contributed by atoms with Gasteiger partial charge in [-0.05, 0) is 61.0 Å². The molecule has 1 aromatic heterocycles. The van der Waals surface area contributed by atoms with Crippen molar-refractivity contribution in [2.24, 2.45) is 5.92 Å². The lowest BCUT2D eigenvalue weighted by atomic mass is 9.95. The van der Waals surface area contributed by atoms with Crippen molar-refractivity contribution in [2.45, 2.75) is 20.3 Å². The van der Waals surface area contributed by atoms with Crippen LogP contribution < -0.4 is 19.5 Å². The summed E-state index contributed by atoms with van der Waals surface area (Å²) in [6, 6.07) is 11.5. The van der Waals surface area contributed by atoms with Crippen molar-refractivity contribution in [1.82, 2.24) is 15.1 Å². The first-order valence-electron chi connectivity index (χ1n) is 11.7. The van der Waals surface area contributed by atoms with Gasteiger partial charge in [-0.3, -0.25) is 9.89 Å². The maximum Gasteiger partial charge on any atom is 0.231 e. The van der Waals surface area contributed by atoms with Crippen LogP contribution in [0.3, 0.4) is 0 Å². The first-order valence-corrected chi connectivity index (χ1v) is 11.7. The fourth-order valence-electron chi connectivity index (χ4n) is 4.06. The van der Waals surface area contributed by atoms with Crippen LogP contribution in [0.25, 0.3) is 11.1 Å². The Labute approximate surface area is 200 Å². The van der Waals surface area contributed by atoms with Crippen molar-refractivity contribution in [2.75, 3.05) is 45.3 Å². The zero-order chi connectivity index (χ0) is 23.9. The average Bonchev–Trinajstić information content (AvgIpc) is 3.42. The number of aromatic nitrogens is 2. The number of likely N-dealkylation sites (N-methyl/N-ethyl adjacent to an activating group) is 1. The Bertz CT molecular complexity index is 1100. The van der Waals surface area contributed by atoms with Gasteiger partial charge in [0.1, 0.15) is 30.5 Å². The van der Waals surface area contributed by atoms with Gasteiger partial charge < -0.3 is 24.4 Å². The highest BCUT2D eigenvalue weighted by Gasteiger charge is 2.27. The molecule has 2 N–H and O–H groups in total. The van der Waals surface area contributed by atoms with E-state index in [4.69, 9.17) is 14.2 Å². The fraction of sp³-hybridized carbons (Fsp3) is 0.385. The summed E-state index contributed by atoms with van der Waals surface area (Å²) >= 11 is 0. The highest BCUT2D eigenvalue weighted by atomic mass is 16.5. The molecule has 0 saturated heterocycles. The molecule has 0 unspecified atom stereocenters. The van der Waals surface area contributed by atoms with Gasteiger partial charge >= 0.3 is 0 Å². The zero-order valence-corrected chi connectivity index (χ0v) is 20.0. The SMILES string of the molecule is CCN(CC)CCOc1cc(-c2cn[nH]c2)ccc1NC(=O)[C@H]1COc2ccc(OC)cc2C1. The summed E-state index contributed by atoms with van der Waals surface area (Å²) in [7, 11) is 1.63. The number of nitrogens with zero attached hydrogens (tertiary/aromatic N) is 2. The molecule has 34 heavy (non-hydrogen) atoms. The Kier molecular flexibility index (Phi) is 7.69. The van der Waals surface area contributed by atoms with Crippen LogP contribution in [0.5, 0.6) is 17.2 Å². The normalized spacial score (nSPS) is 14.9. The minimum atomic E-state index is -0.309. The van der Waals surface area contributed by atoms with Crippen molar-refractivity contribution in [1.29, 1.82) is 0 Å². The van der Waals surface area contributed by atoms with Gasteiger partial charge in [-0.2, -0.15) is 5.10 Å². The van der Waals surface area contributed by atoms with E-state index in [0.717, 1.165) is 47.8 Å². The minimum absolute atomic E-state index is 0.0990. The Morgan fingerprint density at radius 1 is 1.21 bits per heavy atom. The van der Waals surface area contributed by atoms with Crippen LogP contribution >= 0.6 is 0 Å².